The highest BCUT2D eigenvalue weighted by Gasteiger charge is 2.30. The molecule has 0 bridgehead atoms. The van der Waals surface area contributed by atoms with E-state index >= 15 is 0 Å². The maximum atomic E-state index is 11.2. The Bertz CT molecular complexity index is 437. The molecule has 0 aliphatic heterocycles. The molecule has 19 heavy (non-hydrogen) atoms. The number of urea groups is 1. The van der Waals surface area contributed by atoms with Crippen LogP contribution in [0.2, 0.25) is 0 Å². The second kappa shape index (κ2) is 6.57. The van der Waals surface area contributed by atoms with E-state index in [0.29, 0.717) is 12.0 Å². The van der Waals surface area contributed by atoms with Crippen molar-refractivity contribution in [3.05, 3.63) is 29.8 Å². The zero-order valence-electron chi connectivity index (χ0n) is 10.3. The summed E-state index contributed by atoms with van der Waals surface area (Å²) >= 11 is 0. The van der Waals surface area contributed by atoms with Crippen LogP contribution in [0.4, 0.5) is 4.79 Å². The van der Waals surface area contributed by atoms with E-state index < -0.39 is 11.8 Å². The summed E-state index contributed by atoms with van der Waals surface area (Å²) in [5.41, 5.74) is 7.01. The third kappa shape index (κ3) is 4.12. The molecule has 0 radical (unpaired) electrons. The second-order valence-corrected chi connectivity index (χ2v) is 3.71. The molecule has 1 aromatic rings. The lowest BCUT2D eigenvalue weighted by Gasteiger charge is -2.28. The summed E-state index contributed by atoms with van der Waals surface area (Å²) in [4.78, 5) is 26.5. The highest BCUT2D eigenvalue weighted by atomic mass is 16.7. The molecular formula is C11H16N4O4. The number of rotatable bonds is 6. The Morgan fingerprint density at radius 2 is 2.11 bits per heavy atom. The molecule has 0 heterocycles. The fourth-order valence-corrected chi connectivity index (χ4v) is 1.37. The minimum atomic E-state index is -1.46. The molecule has 104 valence electrons. The highest BCUT2D eigenvalue weighted by Crippen LogP contribution is 2.20. The van der Waals surface area contributed by atoms with Crippen LogP contribution in [0.3, 0.4) is 0 Å². The Kier molecular flexibility index (Phi) is 5.10. The first kappa shape index (κ1) is 14.7. The van der Waals surface area contributed by atoms with Gasteiger partial charge in [-0.05, 0) is 12.1 Å². The quantitative estimate of drug-likeness (QED) is 0.260. The summed E-state index contributed by atoms with van der Waals surface area (Å²) in [6, 6.07) is 5.44. The summed E-state index contributed by atoms with van der Waals surface area (Å²) in [7, 11) is 1.46. The van der Waals surface area contributed by atoms with E-state index in [-0.39, 0.29) is 12.3 Å². The lowest BCUT2D eigenvalue weighted by molar-refractivity contribution is -0.141. The van der Waals surface area contributed by atoms with Crippen LogP contribution >= 0.6 is 0 Å². The van der Waals surface area contributed by atoms with Crippen molar-refractivity contribution >= 4 is 12.4 Å². The maximum absolute atomic E-state index is 11.2. The van der Waals surface area contributed by atoms with Crippen molar-refractivity contribution in [1.29, 1.82) is 0 Å². The van der Waals surface area contributed by atoms with Gasteiger partial charge in [0.15, 0.2) is 5.72 Å². The van der Waals surface area contributed by atoms with Crippen LogP contribution in [0.25, 0.3) is 0 Å². The summed E-state index contributed by atoms with van der Waals surface area (Å²) in [6.07, 6.45) is 0.321. The van der Waals surface area contributed by atoms with Crippen LogP contribution in [0.5, 0.6) is 5.75 Å². The molecule has 0 fully saturated rings. The SMILES string of the molecule is CNC(=O)NCC(N)(ONC=O)c1ccc(O)cc1. The van der Waals surface area contributed by atoms with Crippen LogP contribution in [-0.2, 0) is 15.4 Å². The molecule has 8 heteroatoms. The number of nitrogens with two attached hydrogens (primary N) is 1. The Hall–Kier alpha value is -2.32. The fourth-order valence-electron chi connectivity index (χ4n) is 1.37. The number of hydrogen-bond acceptors (Lipinski definition) is 5. The van der Waals surface area contributed by atoms with E-state index in [1.807, 2.05) is 5.48 Å². The van der Waals surface area contributed by atoms with Gasteiger partial charge < -0.3 is 15.7 Å². The minimum absolute atomic E-state index is 0.0636. The number of carbonyl (C=O) groups excluding carboxylic acids is 2. The van der Waals surface area contributed by atoms with Crippen LogP contribution in [0, 0.1) is 0 Å². The largest absolute Gasteiger partial charge is 0.508 e. The Morgan fingerprint density at radius 1 is 1.47 bits per heavy atom. The third-order valence-electron chi connectivity index (χ3n) is 2.38. The number of phenolic OH excluding ortho intramolecular Hbond substituents is 1. The van der Waals surface area contributed by atoms with E-state index in [9.17, 15) is 14.7 Å². The maximum Gasteiger partial charge on any atom is 0.314 e. The first-order valence-electron chi connectivity index (χ1n) is 5.43. The topological polar surface area (TPSA) is 126 Å². The predicted molar refractivity (Wildman–Crippen MR) is 66.7 cm³/mol. The van der Waals surface area contributed by atoms with Gasteiger partial charge in [-0.15, -0.1) is 0 Å². The second-order valence-electron chi connectivity index (χ2n) is 3.71. The van der Waals surface area contributed by atoms with E-state index in [1.54, 1.807) is 0 Å². The van der Waals surface area contributed by atoms with Crippen molar-refractivity contribution in [3.8, 4) is 5.75 Å². The molecule has 0 aliphatic carbocycles. The van der Waals surface area contributed by atoms with Crippen molar-refractivity contribution in [3.63, 3.8) is 0 Å². The van der Waals surface area contributed by atoms with Crippen molar-refractivity contribution in [2.24, 2.45) is 5.73 Å². The molecule has 3 amide bonds. The van der Waals surface area contributed by atoms with Gasteiger partial charge in [0.25, 0.3) is 0 Å². The van der Waals surface area contributed by atoms with Crippen LogP contribution in [0.15, 0.2) is 24.3 Å². The number of aromatic hydroxyl groups is 1. The average Bonchev–Trinajstić information content (AvgIpc) is 2.43. The number of amides is 3. The fraction of sp³-hybridized carbons (Fsp3) is 0.273. The molecule has 0 aromatic heterocycles. The molecule has 6 N–H and O–H groups in total. The van der Waals surface area contributed by atoms with Gasteiger partial charge in [-0.3, -0.25) is 10.5 Å². The summed E-state index contributed by atoms with van der Waals surface area (Å²) in [5, 5.41) is 14.1. The van der Waals surface area contributed by atoms with Gasteiger partial charge in [-0.2, -0.15) is 0 Å². The molecule has 0 saturated heterocycles. The number of carbonyl (C=O) groups is 2. The van der Waals surface area contributed by atoms with E-state index in [4.69, 9.17) is 10.6 Å². The predicted octanol–water partition coefficient (Wildman–Crippen LogP) is -0.890. The molecule has 1 atom stereocenters. The normalized spacial score (nSPS) is 13.2. The first-order valence-corrected chi connectivity index (χ1v) is 5.43. The van der Waals surface area contributed by atoms with Gasteiger partial charge in [-0.25, -0.2) is 15.1 Å². The standard InChI is InChI=1S/C11H16N4O4/c1-13-10(18)14-6-11(12,19-15-7-16)8-2-4-9(17)5-3-8/h2-5,7,17H,6,12H2,1H3,(H,15,16)(H2,13,14,18). The lowest BCUT2D eigenvalue weighted by Crippen LogP contribution is -2.53. The zero-order chi connectivity index (χ0) is 14.3. The molecular weight excluding hydrogens is 252 g/mol. The van der Waals surface area contributed by atoms with Crippen molar-refractivity contribution < 1.29 is 19.5 Å². The molecule has 1 aromatic carbocycles. The number of benzene rings is 1. The molecule has 0 spiro atoms. The van der Waals surface area contributed by atoms with Crippen molar-refractivity contribution in [2.45, 2.75) is 5.72 Å². The minimum Gasteiger partial charge on any atom is -0.508 e. The first-order chi connectivity index (χ1) is 9.01. The summed E-state index contributed by atoms with van der Waals surface area (Å²) in [5.74, 6) is 0.0636. The number of hydroxylamine groups is 1. The van der Waals surface area contributed by atoms with Gasteiger partial charge in [0.05, 0.1) is 6.54 Å². The van der Waals surface area contributed by atoms with Crippen LogP contribution < -0.4 is 21.8 Å². The molecule has 0 aliphatic rings. The Labute approximate surface area is 109 Å². The summed E-state index contributed by atoms with van der Waals surface area (Å²) < 4.78 is 0. The third-order valence-corrected chi connectivity index (χ3v) is 2.38. The molecule has 1 unspecified atom stereocenters. The summed E-state index contributed by atoms with van der Waals surface area (Å²) in [6.45, 7) is -0.0850. The Morgan fingerprint density at radius 3 is 2.63 bits per heavy atom. The highest BCUT2D eigenvalue weighted by molar-refractivity contribution is 5.73. The van der Waals surface area contributed by atoms with E-state index in [0.717, 1.165) is 0 Å². The molecule has 0 saturated carbocycles. The Balaban J connectivity index is 2.87. The number of hydrogen-bond donors (Lipinski definition) is 5. The van der Waals surface area contributed by atoms with E-state index in [1.165, 1.54) is 31.3 Å². The van der Waals surface area contributed by atoms with Gasteiger partial charge in [0, 0.05) is 12.6 Å². The van der Waals surface area contributed by atoms with Crippen LogP contribution in [0.1, 0.15) is 5.56 Å². The molecule has 8 nitrogen and oxygen atoms in total. The van der Waals surface area contributed by atoms with Crippen molar-refractivity contribution in [1.82, 2.24) is 16.1 Å². The van der Waals surface area contributed by atoms with Gasteiger partial charge in [0.1, 0.15) is 5.75 Å². The average molecular weight is 268 g/mol. The monoisotopic (exact) mass is 268 g/mol. The van der Waals surface area contributed by atoms with Gasteiger partial charge in [0.2, 0.25) is 6.41 Å². The van der Waals surface area contributed by atoms with E-state index in [2.05, 4.69) is 10.6 Å². The van der Waals surface area contributed by atoms with Crippen LogP contribution in [-0.4, -0.2) is 31.1 Å². The van der Waals surface area contributed by atoms with Gasteiger partial charge >= 0.3 is 6.03 Å². The number of phenols is 1. The number of nitrogens with one attached hydrogen (secondary N) is 3. The molecule has 1 rings (SSSR count). The smallest absolute Gasteiger partial charge is 0.314 e. The lowest BCUT2D eigenvalue weighted by atomic mass is 10.0. The zero-order valence-corrected chi connectivity index (χ0v) is 10.3. The van der Waals surface area contributed by atoms with Crippen molar-refractivity contribution in [2.75, 3.05) is 13.6 Å². The van der Waals surface area contributed by atoms with Gasteiger partial charge in [-0.1, -0.05) is 12.1 Å².